The van der Waals surface area contributed by atoms with Crippen LogP contribution in [0.1, 0.15) is 12.0 Å². The van der Waals surface area contributed by atoms with Crippen molar-refractivity contribution in [2.75, 3.05) is 6.54 Å². The van der Waals surface area contributed by atoms with Crippen LogP contribution in [0.2, 0.25) is 0 Å². The van der Waals surface area contributed by atoms with Gasteiger partial charge in [0, 0.05) is 23.3 Å². The molecule has 0 saturated heterocycles. The summed E-state index contributed by atoms with van der Waals surface area (Å²) in [4.78, 5) is 4.20. The Morgan fingerprint density at radius 3 is 2.89 bits per heavy atom. The second kappa shape index (κ2) is 5.24. The molecule has 0 fully saturated rings. The third-order valence-electron chi connectivity index (χ3n) is 3.24. The normalized spacial score (nSPS) is 11.0. The van der Waals surface area contributed by atoms with Gasteiger partial charge >= 0.3 is 0 Å². The van der Waals surface area contributed by atoms with Crippen LogP contribution >= 0.6 is 0 Å². The minimum absolute atomic E-state index is 0.689. The van der Waals surface area contributed by atoms with Crippen molar-refractivity contribution in [3.05, 3.63) is 54.4 Å². The van der Waals surface area contributed by atoms with Gasteiger partial charge < -0.3 is 10.2 Å². The molecule has 0 aliphatic rings. The lowest BCUT2D eigenvalue weighted by molar-refractivity contribution is 0.630. The van der Waals surface area contributed by atoms with E-state index in [-0.39, 0.29) is 0 Å². The second-order valence-corrected chi connectivity index (χ2v) is 4.57. The number of hydrogen-bond acceptors (Lipinski definition) is 3. The van der Waals surface area contributed by atoms with E-state index >= 15 is 0 Å². The van der Waals surface area contributed by atoms with Gasteiger partial charge in [0.25, 0.3) is 0 Å². The highest BCUT2D eigenvalue weighted by molar-refractivity contribution is 5.83. The van der Waals surface area contributed by atoms with E-state index in [9.17, 15) is 0 Å². The predicted molar refractivity (Wildman–Crippen MR) is 76.8 cm³/mol. The molecule has 3 nitrogen and oxygen atoms in total. The zero-order chi connectivity index (χ0) is 13.1. The third kappa shape index (κ3) is 2.37. The molecule has 3 heteroatoms. The van der Waals surface area contributed by atoms with Gasteiger partial charge in [0.1, 0.15) is 11.3 Å². The van der Waals surface area contributed by atoms with Crippen molar-refractivity contribution in [3.63, 3.8) is 0 Å². The SMILES string of the molecule is NCCCc1cnccc1-c1cc2ccccc2o1. The number of para-hydroxylation sites is 1. The quantitative estimate of drug-likeness (QED) is 0.774. The highest BCUT2D eigenvalue weighted by Crippen LogP contribution is 2.30. The molecule has 2 aromatic heterocycles. The van der Waals surface area contributed by atoms with Crippen molar-refractivity contribution in [1.29, 1.82) is 0 Å². The summed E-state index contributed by atoms with van der Waals surface area (Å²) < 4.78 is 5.92. The molecule has 0 saturated carbocycles. The summed E-state index contributed by atoms with van der Waals surface area (Å²) in [5, 5.41) is 1.12. The average molecular weight is 252 g/mol. The number of pyridine rings is 1. The summed E-state index contributed by atoms with van der Waals surface area (Å²) in [6.45, 7) is 0.689. The molecule has 1 aromatic carbocycles. The summed E-state index contributed by atoms with van der Waals surface area (Å²) in [6, 6.07) is 12.1. The number of aromatic nitrogens is 1. The number of benzene rings is 1. The molecule has 0 spiro atoms. The van der Waals surface area contributed by atoms with Crippen LogP contribution in [-0.2, 0) is 6.42 Å². The van der Waals surface area contributed by atoms with Crippen molar-refractivity contribution in [1.82, 2.24) is 4.98 Å². The fraction of sp³-hybridized carbons (Fsp3) is 0.188. The van der Waals surface area contributed by atoms with Crippen LogP contribution in [0.25, 0.3) is 22.3 Å². The summed E-state index contributed by atoms with van der Waals surface area (Å²) in [7, 11) is 0. The van der Waals surface area contributed by atoms with Crippen LogP contribution in [-0.4, -0.2) is 11.5 Å². The molecule has 19 heavy (non-hydrogen) atoms. The number of fused-ring (bicyclic) bond motifs is 1. The summed E-state index contributed by atoms with van der Waals surface area (Å²) in [5.41, 5.74) is 8.80. The molecule has 96 valence electrons. The second-order valence-electron chi connectivity index (χ2n) is 4.57. The van der Waals surface area contributed by atoms with Crippen molar-refractivity contribution in [2.45, 2.75) is 12.8 Å². The Bertz CT molecular complexity index is 655. The third-order valence-corrected chi connectivity index (χ3v) is 3.24. The van der Waals surface area contributed by atoms with Crippen LogP contribution < -0.4 is 5.73 Å². The maximum absolute atomic E-state index is 5.92. The van der Waals surface area contributed by atoms with E-state index in [2.05, 4.69) is 17.1 Å². The van der Waals surface area contributed by atoms with Crippen molar-refractivity contribution in [3.8, 4) is 11.3 Å². The molecule has 0 amide bonds. The van der Waals surface area contributed by atoms with Crippen LogP contribution in [0.15, 0.2) is 53.2 Å². The Morgan fingerprint density at radius 2 is 2.05 bits per heavy atom. The van der Waals surface area contributed by atoms with Gasteiger partial charge in [-0.15, -0.1) is 0 Å². The van der Waals surface area contributed by atoms with Crippen molar-refractivity contribution in [2.24, 2.45) is 5.73 Å². The Kier molecular flexibility index (Phi) is 3.29. The van der Waals surface area contributed by atoms with Gasteiger partial charge in [-0.2, -0.15) is 0 Å². The minimum atomic E-state index is 0.689. The van der Waals surface area contributed by atoms with Crippen LogP contribution in [0.5, 0.6) is 0 Å². The molecule has 0 aliphatic carbocycles. The summed E-state index contributed by atoms with van der Waals surface area (Å²) >= 11 is 0. The highest BCUT2D eigenvalue weighted by atomic mass is 16.3. The molecule has 2 N–H and O–H groups in total. The van der Waals surface area contributed by atoms with Gasteiger partial charge in [-0.1, -0.05) is 18.2 Å². The van der Waals surface area contributed by atoms with E-state index < -0.39 is 0 Å². The number of nitrogens with zero attached hydrogens (tertiary/aromatic N) is 1. The molecular weight excluding hydrogens is 236 g/mol. The van der Waals surface area contributed by atoms with E-state index in [1.807, 2.05) is 30.5 Å². The Morgan fingerprint density at radius 1 is 1.16 bits per heavy atom. The number of aryl methyl sites for hydroxylation is 1. The monoisotopic (exact) mass is 252 g/mol. The van der Waals surface area contributed by atoms with Gasteiger partial charge in [0.05, 0.1) is 0 Å². The zero-order valence-electron chi connectivity index (χ0n) is 10.7. The fourth-order valence-corrected chi connectivity index (χ4v) is 2.27. The van der Waals surface area contributed by atoms with Gasteiger partial charge in [-0.3, -0.25) is 4.98 Å². The van der Waals surface area contributed by atoms with E-state index in [4.69, 9.17) is 10.2 Å². The number of hydrogen-bond donors (Lipinski definition) is 1. The molecule has 0 unspecified atom stereocenters. The molecule has 0 aliphatic heterocycles. The lowest BCUT2D eigenvalue weighted by Crippen LogP contribution is -2.01. The first kappa shape index (κ1) is 11.9. The topological polar surface area (TPSA) is 52.0 Å². The van der Waals surface area contributed by atoms with Crippen LogP contribution in [0.3, 0.4) is 0 Å². The Hall–Kier alpha value is -2.13. The molecule has 0 atom stereocenters. The minimum Gasteiger partial charge on any atom is -0.456 e. The van der Waals surface area contributed by atoms with Crippen LogP contribution in [0.4, 0.5) is 0 Å². The van der Waals surface area contributed by atoms with Crippen molar-refractivity contribution < 1.29 is 4.42 Å². The number of nitrogens with two attached hydrogens (primary N) is 1. The maximum Gasteiger partial charge on any atom is 0.135 e. The molecule has 0 bridgehead atoms. The standard InChI is InChI=1S/C16H16N2O/c17-8-3-5-13-11-18-9-7-14(13)16-10-12-4-1-2-6-15(12)19-16/h1-2,4,6-7,9-11H,3,5,8,17H2. The van der Waals surface area contributed by atoms with Gasteiger partial charge in [-0.25, -0.2) is 0 Å². The van der Waals surface area contributed by atoms with Crippen LogP contribution in [0, 0.1) is 0 Å². The van der Waals surface area contributed by atoms with Gasteiger partial charge in [0.2, 0.25) is 0 Å². The highest BCUT2D eigenvalue weighted by Gasteiger charge is 2.10. The lowest BCUT2D eigenvalue weighted by atomic mass is 10.0. The van der Waals surface area contributed by atoms with E-state index in [1.165, 1.54) is 5.56 Å². The fourth-order valence-electron chi connectivity index (χ4n) is 2.27. The van der Waals surface area contributed by atoms with E-state index in [0.717, 1.165) is 35.1 Å². The summed E-state index contributed by atoms with van der Waals surface area (Å²) in [5.74, 6) is 0.899. The maximum atomic E-state index is 5.92. The number of furan rings is 1. The zero-order valence-corrected chi connectivity index (χ0v) is 10.7. The average Bonchev–Trinajstić information content (AvgIpc) is 2.89. The summed E-state index contributed by atoms with van der Waals surface area (Å²) in [6.07, 6.45) is 5.59. The molecule has 0 radical (unpaired) electrons. The Balaban J connectivity index is 2.05. The van der Waals surface area contributed by atoms with E-state index in [0.29, 0.717) is 6.54 Å². The first-order valence-corrected chi connectivity index (χ1v) is 6.50. The van der Waals surface area contributed by atoms with E-state index in [1.54, 1.807) is 6.20 Å². The first-order chi connectivity index (χ1) is 9.38. The predicted octanol–water partition coefficient (Wildman–Crippen LogP) is 3.39. The largest absolute Gasteiger partial charge is 0.456 e. The Labute approximate surface area is 112 Å². The molecule has 2 heterocycles. The lowest BCUT2D eigenvalue weighted by Gasteiger charge is -2.05. The smallest absolute Gasteiger partial charge is 0.135 e. The first-order valence-electron chi connectivity index (χ1n) is 6.50. The van der Waals surface area contributed by atoms with Crippen molar-refractivity contribution >= 4 is 11.0 Å². The molecule has 3 rings (SSSR count). The molecule has 3 aromatic rings. The van der Waals surface area contributed by atoms with Gasteiger partial charge in [-0.05, 0) is 43.1 Å². The van der Waals surface area contributed by atoms with Gasteiger partial charge in [0.15, 0.2) is 0 Å². The number of rotatable bonds is 4. The molecular formula is C16H16N2O.